The summed E-state index contributed by atoms with van der Waals surface area (Å²) in [5.41, 5.74) is 4.37. The molecule has 0 spiro atoms. The third-order valence-electron chi connectivity index (χ3n) is 4.77. The summed E-state index contributed by atoms with van der Waals surface area (Å²) in [5, 5.41) is 3.64. The fourth-order valence-electron chi connectivity index (χ4n) is 3.64. The summed E-state index contributed by atoms with van der Waals surface area (Å²) in [4.78, 5) is 14.3. The minimum absolute atomic E-state index is 0.00346. The van der Waals surface area contributed by atoms with Gasteiger partial charge in [0.15, 0.2) is 5.78 Å². The van der Waals surface area contributed by atoms with E-state index in [1.807, 2.05) is 6.07 Å². The lowest BCUT2D eigenvalue weighted by Gasteiger charge is -2.33. The normalized spacial score (nSPS) is 21.9. The molecule has 0 fully saturated rings. The van der Waals surface area contributed by atoms with Gasteiger partial charge in [-0.2, -0.15) is 0 Å². The lowest BCUT2D eigenvalue weighted by molar-refractivity contribution is -0.118. The molecule has 1 atom stereocenters. The second-order valence-electron chi connectivity index (χ2n) is 7.50. The number of hydrogen-bond donors (Lipinski definition) is 1. The van der Waals surface area contributed by atoms with E-state index in [4.69, 9.17) is 0 Å². The van der Waals surface area contributed by atoms with E-state index < -0.39 is 0 Å². The third kappa shape index (κ3) is 3.38. The minimum atomic E-state index is 0.00346. The number of carbonyl (C=O) groups is 1. The van der Waals surface area contributed by atoms with Gasteiger partial charge in [0.1, 0.15) is 0 Å². The van der Waals surface area contributed by atoms with Crippen molar-refractivity contribution in [3.8, 4) is 0 Å². The lowest BCUT2D eigenvalue weighted by atomic mass is 9.74. The Morgan fingerprint density at radius 3 is 2.56 bits per heavy atom. The van der Waals surface area contributed by atoms with Crippen LogP contribution in [0.5, 0.6) is 0 Å². The van der Waals surface area contributed by atoms with Gasteiger partial charge in [0.2, 0.25) is 0 Å². The number of hydrogen-bond acceptors (Lipinski definition) is 3. The molecule has 0 aromatic heterocycles. The van der Waals surface area contributed by atoms with Crippen LogP contribution in [0.4, 0.5) is 5.69 Å². The smallest absolute Gasteiger partial charge is 0.162 e. The Bertz CT molecular complexity index is 870. The topological polar surface area (TPSA) is 29.1 Å². The van der Waals surface area contributed by atoms with Crippen molar-refractivity contribution in [3.05, 3.63) is 68.9 Å². The van der Waals surface area contributed by atoms with Crippen LogP contribution < -0.4 is 5.32 Å². The van der Waals surface area contributed by atoms with Gasteiger partial charge in [0, 0.05) is 26.2 Å². The number of halogens is 1. The molecule has 1 heterocycles. The Morgan fingerprint density at radius 1 is 1.08 bits per heavy atom. The Labute approximate surface area is 166 Å². The van der Waals surface area contributed by atoms with Crippen molar-refractivity contribution in [1.82, 2.24) is 0 Å². The highest BCUT2D eigenvalue weighted by Gasteiger charge is 2.38. The number of benzene rings is 2. The molecule has 2 aliphatic rings. The van der Waals surface area contributed by atoms with E-state index in [1.165, 1.54) is 14.0 Å². The molecule has 0 saturated heterocycles. The fourth-order valence-corrected chi connectivity index (χ4v) is 5.35. The molecule has 0 radical (unpaired) electrons. The van der Waals surface area contributed by atoms with Gasteiger partial charge in [-0.25, -0.2) is 0 Å². The first-order valence-electron chi connectivity index (χ1n) is 8.47. The molecule has 0 saturated carbocycles. The summed E-state index contributed by atoms with van der Waals surface area (Å²) < 4.78 is 1.21. The number of Topliss-reactive ketones (excluding diaryl/α,β-unsaturated/α-hetero) is 1. The summed E-state index contributed by atoms with van der Waals surface area (Å²) in [5.74, 6) is 0.280. The standard InChI is InChI=1S/C21H20INOS/c1-21(2)11-16-19(17(24)12-21)20(13-7-9-14(22)10-8-13)25-18-6-4-3-5-15(18)23-16/h3-10,20,23H,11-12H2,1-2H3/t20-/m0/s1. The monoisotopic (exact) mass is 461 g/mol. The zero-order valence-corrected chi connectivity index (χ0v) is 17.3. The van der Waals surface area contributed by atoms with Crippen molar-refractivity contribution in [2.24, 2.45) is 5.41 Å². The Morgan fingerprint density at radius 2 is 1.80 bits per heavy atom. The molecule has 0 amide bonds. The first-order chi connectivity index (χ1) is 11.9. The molecule has 2 aromatic rings. The van der Waals surface area contributed by atoms with E-state index in [0.29, 0.717) is 6.42 Å². The van der Waals surface area contributed by atoms with Crippen molar-refractivity contribution in [2.75, 3.05) is 5.32 Å². The number of carbonyl (C=O) groups excluding carboxylic acids is 1. The van der Waals surface area contributed by atoms with Gasteiger partial charge in [-0.05, 0) is 64.3 Å². The Balaban J connectivity index is 1.88. The number of fused-ring (bicyclic) bond motifs is 1. The number of para-hydroxylation sites is 1. The molecular weight excluding hydrogens is 441 g/mol. The van der Waals surface area contributed by atoms with Crippen LogP contribution in [0, 0.1) is 8.99 Å². The zero-order chi connectivity index (χ0) is 17.6. The molecule has 1 N–H and O–H groups in total. The second-order valence-corrected chi connectivity index (χ2v) is 9.90. The molecule has 4 rings (SSSR count). The van der Waals surface area contributed by atoms with Crippen LogP contribution in [0.25, 0.3) is 0 Å². The first-order valence-corrected chi connectivity index (χ1v) is 10.4. The number of thioether (sulfide) groups is 1. The van der Waals surface area contributed by atoms with Crippen LogP contribution in [-0.4, -0.2) is 5.78 Å². The highest BCUT2D eigenvalue weighted by atomic mass is 127. The van der Waals surface area contributed by atoms with Gasteiger partial charge in [-0.3, -0.25) is 4.79 Å². The van der Waals surface area contributed by atoms with E-state index in [1.54, 1.807) is 11.8 Å². The second kappa shape index (κ2) is 6.47. The summed E-state index contributed by atoms with van der Waals surface area (Å²) in [6.07, 6.45) is 1.52. The maximum absolute atomic E-state index is 13.1. The highest BCUT2D eigenvalue weighted by Crippen LogP contribution is 2.51. The number of ketones is 1. The third-order valence-corrected chi connectivity index (χ3v) is 6.85. The van der Waals surface area contributed by atoms with E-state index >= 15 is 0 Å². The largest absolute Gasteiger partial charge is 0.358 e. The van der Waals surface area contributed by atoms with Gasteiger partial charge < -0.3 is 5.32 Å². The van der Waals surface area contributed by atoms with Gasteiger partial charge in [0.05, 0.1) is 10.9 Å². The maximum Gasteiger partial charge on any atom is 0.162 e. The molecule has 2 aromatic carbocycles. The Kier molecular flexibility index (Phi) is 4.44. The fraction of sp³-hybridized carbons (Fsp3) is 0.286. The average Bonchev–Trinajstić information content (AvgIpc) is 2.70. The van der Waals surface area contributed by atoms with Gasteiger partial charge >= 0.3 is 0 Å². The SMILES string of the molecule is CC1(C)CC(=O)C2=C(C1)Nc1ccccc1S[C@H]2c1ccc(I)cc1. The number of anilines is 1. The minimum Gasteiger partial charge on any atom is -0.358 e. The molecule has 1 aliphatic heterocycles. The summed E-state index contributed by atoms with van der Waals surface area (Å²) in [6, 6.07) is 16.9. The van der Waals surface area contributed by atoms with Crippen molar-refractivity contribution in [1.29, 1.82) is 0 Å². The molecule has 2 nitrogen and oxygen atoms in total. The van der Waals surface area contributed by atoms with Crippen LogP contribution in [-0.2, 0) is 4.79 Å². The lowest BCUT2D eigenvalue weighted by Crippen LogP contribution is -2.29. The molecule has 1 aliphatic carbocycles. The molecule has 4 heteroatoms. The predicted octanol–water partition coefficient (Wildman–Crippen LogP) is 6.19. The van der Waals surface area contributed by atoms with E-state index in [0.717, 1.165) is 23.4 Å². The maximum atomic E-state index is 13.1. The number of allylic oxidation sites excluding steroid dienone is 1. The van der Waals surface area contributed by atoms with Crippen LogP contribution in [0.3, 0.4) is 0 Å². The Hall–Kier alpha value is -1.27. The van der Waals surface area contributed by atoms with Crippen LogP contribution in [0.1, 0.15) is 37.5 Å². The van der Waals surface area contributed by atoms with Gasteiger partial charge in [-0.15, -0.1) is 11.8 Å². The van der Waals surface area contributed by atoms with Gasteiger partial charge in [0.25, 0.3) is 0 Å². The average molecular weight is 461 g/mol. The predicted molar refractivity (Wildman–Crippen MR) is 113 cm³/mol. The number of nitrogens with one attached hydrogen (secondary N) is 1. The molecular formula is C21H20INOS. The molecule has 0 bridgehead atoms. The highest BCUT2D eigenvalue weighted by molar-refractivity contribution is 14.1. The van der Waals surface area contributed by atoms with E-state index in [-0.39, 0.29) is 16.4 Å². The molecule has 0 unspecified atom stereocenters. The van der Waals surface area contributed by atoms with Crippen molar-refractivity contribution < 1.29 is 4.79 Å². The van der Waals surface area contributed by atoms with Gasteiger partial charge in [-0.1, -0.05) is 38.1 Å². The quantitative estimate of drug-likeness (QED) is 0.514. The van der Waals surface area contributed by atoms with Crippen LogP contribution in [0.15, 0.2) is 64.7 Å². The van der Waals surface area contributed by atoms with Crippen molar-refractivity contribution in [2.45, 2.75) is 36.8 Å². The number of rotatable bonds is 1. The molecule has 25 heavy (non-hydrogen) atoms. The van der Waals surface area contributed by atoms with E-state index in [2.05, 4.69) is 84.2 Å². The van der Waals surface area contributed by atoms with Crippen molar-refractivity contribution in [3.63, 3.8) is 0 Å². The molecule has 128 valence electrons. The van der Waals surface area contributed by atoms with Crippen molar-refractivity contribution >= 4 is 45.8 Å². The zero-order valence-electron chi connectivity index (χ0n) is 14.3. The summed E-state index contributed by atoms with van der Waals surface area (Å²) in [7, 11) is 0. The van der Waals surface area contributed by atoms with Crippen LogP contribution in [0.2, 0.25) is 0 Å². The first kappa shape index (κ1) is 17.2. The van der Waals surface area contributed by atoms with E-state index in [9.17, 15) is 4.79 Å². The van der Waals surface area contributed by atoms with Crippen LogP contribution >= 0.6 is 34.4 Å². The summed E-state index contributed by atoms with van der Waals surface area (Å²) in [6.45, 7) is 4.36. The summed E-state index contributed by atoms with van der Waals surface area (Å²) >= 11 is 4.11.